The van der Waals surface area contributed by atoms with Crippen molar-refractivity contribution in [3.8, 4) is 0 Å². The van der Waals surface area contributed by atoms with E-state index >= 15 is 0 Å². The van der Waals surface area contributed by atoms with Crippen molar-refractivity contribution in [3.05, 3.63) is 38.0 Å². The molecule has 4 rings (SSSR count). The molecule has 0 N–H and O–H groups in total. The second-order valence-electron chi connectivity index (χ2n) is 6.70. The van der Waals surface area contributed by atoms with Crippen molar-refractivity contribution in [1.82, 2.24) is 14.2 Å². The summed E-state index contributed by atoms with van der Waals surface area (Å²) in [7, 11) is -3.21. The summed E-state index contributed by atoms with van der Waals surface area (Å²) in [5.74, 6) is 0.218. The molecule has 0 unspecified atom stereocenters. The molecule has 2 aromatic heterocycles. The van der Waals surface area contributed by atoms with Crippen molar-refractivity contribution < 1.29 is 8.42 Å². The van der Waals surface area contributed by atoms with Crippen LogP contribution in [-0.2, 0) is 23.1 Å². The minimum absolute atomic E-state index is 0.218. The molecule has 130 valence electrons. The molecule has 2 aliphatic rings. The summed E-state index contributed by atoms with van der Waals surface area (Å²) in [6.07, 6.45) is 0. The van der Waals surface area contributed by atoms with Crippen LogP contribution in [0, 0.1) is 19.8 Å². The standard InChI is InChI=1S/C16H21N3O2S3/c1-11-3-4-15(23-11)8-18-5-13-6-19(24(20,21)16(13)9-18)7-14-10-22-12(2)17-14/h3-4,10,13,16H,5-9H2,1-2H3/t13-,16+/m1/s1. The quantitative estimate of drug-likeness (QED) is 0.814. The Labute approximate surface area is 151 Å². The maximum absolute atomic E-state index is 12.9. The van der Waals surface area contributed by atoms with E-state index in [0.29, 0.717) is 19.6 Å². The van der Waals surface area contributed by atoms with Gasteiger partial charge in [-0.05, 0) is 26.0 Å². The molecule has 0 bridgehead atoms. The van der Waals surface area contributed by atoms with Crippen LogP contribution < -0.4 is 0 Å². The highest BCUT2D eigenvalue weighted by atomic mass is 32.2. The molecule has 2 fully saturated rings. The zero-order valence-electron chi connectivity index (χ0n) is 13.8. The van der Waals surface area contributed by atoms with Gasteiger partial charge in [0.25, 0.3) is 0 Å². The maximum atomic E-state index is 12.9. The van der Waals surface area contributed by atoms with Gasteiger partial charge in [0.15, 0.2) is 0 Å². The van der Waals surface area contributed by atoms with E-state index in [9.17, 15) is 8.42 Å². The number of hydrogen-bond acceptors (Lipinski definition) is 6. The summed E-state index contributed by atoms with van der Waals surface area (Å²) < 4.78 is 27.4. The molecule has 0 aromatic carbocycles. The Hall–Kier alpha value is -0.800. The SMILES string of the molecule is Cc1ccc(CN2C[C@@H]3CN(Cc4csc(C)n4)S(=O)(=O)[C@H]3C2)s1. The van der Waals surface area contributed by atoms with Crippen LogP contribution in [0.2, 0.25) is 0 Å². The first-order chi connectivity index (χ1) is 11.4. The lowest BCUT2D eigenvalue weighted by atomic mass is 10.1. The van der Waals surface area contributed by atoms with E-state index in [1.165, 1.54) is 9.75 Å². The van der Waals surface area contributed by atoms with Crippen LogP contribution in [0.5, 0.6) is 0 Å². The van der Waals surface area contributed by atoms with Crippen LogP contribution >= 0.6 is 22.7 Å². The van der Waals surface area contributed by atoms with E-state index in [1.54, 1.807) is 27.0 Å². The highest BCUT2D eigenvalue weighted by Gasteiger charge is 2.50. The van der Waals surface area contributed by atoms with Gasteiger partial charge in [-0.3, -0.25) is 4.90 Å². The second kappa shape index (κ2) is 6.17. The molecule has 5 nitrogen and oxygen atoms in total. The van der Waals surface area contributed by atoms with Gasteiger partial charge in [-0.1, -0.05) is 0 Å². The zero-order valence-corrected chi connectivity index (χ0v) is 16.3. The van der Waals surface area contributed by atoms with Gasteiger partial charge in [-0.25, -0.2) is 13.4 Å². The first-order valence-electron chi connectivity index (χ1n) is 8.09. The Bertz CT molecular complexity index is 842. The predicted molar refractivity (Wildman–Crippen MR) is 97.8 cm³/mol. The van der Waals surface area contributed by atoms with Gasteiger partial charge >= 0.3 is 0 Å². The first kappa shape index (κ1) is 16.7. The van der Waals surface area contributed by atoms with Crippen molar-refractivity contribution >= 4 is 32.7 Å². The smallest absolute Gasteiger partial charge is 0.218 e. The molecule has 2 aliphatic heterocycles. The molecule has 4 heterocycles. The predicted octanol–water partition coefficient (Wildman–Crippen LogP) is 2.47. The Kier molecular flexibility index (Phi) is 4.29. The highest BCUT2D eigenvalue weighted by molar-refractivity contribution is 7.90. The van der Waals surface area contributed by atoms with Crippen LogP contribution in [0.15, 0.2) is 17.5 Å². The number of fused-ring (bicyclic) bond motifs is 1. The summed E-state index contributed by atoms with van der Waals surface area (Å²) in [4.78, 5) is 9.33. The van der Waals surface area contributed by atoms with E-state index in [4.69, 9.17) is 0 Å². The van der Waals surface area contributed by atoms with Crippen LogP contribution in [0.1, 0.15) is 20.5 Å². The summed E-state index contributed by atoms with van der Waals surface area (Å²) in [6, 6.07) is 4.28. The fourth-order valence-corrected chi connectivity index (χ4v) is 7.42. The molecule has 0 spiro atoms. The lowest BCUT2D eigenvalue weighted by Gasteiger charge is -2.20. The normalized spacial score (nSPS) is 26.9. The Morgan fingerprint density at radius 3 is 2.67 bits per heavy atom. The average molecular weight is 384 g/mol. The van der Waals surface area contributed by atoms with Crippen molar-refractivity contribution in [2.45, 2.75) is 32.2 Å². The van der Waals surface area contributed by atoms with Crippen molar-refractivity contribution in [2.75, 3.05) is 19.6 Å². The van der Waals surface area contributed by atoms with Gasteiger partial charge < -0.3 is 0 Å². The summed E-state index contributed by atoms with van der Waals surface area (Å²) in [5.41, 5.74) is 0.868. The number of hydrogen-bond donors (Lipinski definition) is 0. The van der Waals surface area contributed by atoms with Gasteiger partial charge in [0, 0.05) is 47.2 Å². The molecular weight excluding hydrogens is 362 g/mol. The number of thiophene rings is 1. The molecule has 2 atom stereocenters. The van der Waals surface area contributed by atoms with E-state index in [-0.39, 0.29) is 11.2 Å². The number of nitrogens with zero attached hydrogens (tertiary/aromatic N) is 3. The molecule has 0 aliphatic carbocycles. The molecule has 0 radical (unpaired) electrons. The highest BCUT2D eigenvalue weighted by Crippen LogP contribution is 2.35. The number of likely N-dealkylation sites (tertiary alicyclic amines) is 1. The fraction of sp³-hybridized carbons (Fsp3) is 0.562. The monoisotopic (exact) mass is 383 g/mol. The van der Waals surface area contributed by atoms with Gasteiger partial charge in [0.2, 0.25) is 10.0 Å². The fourth-order valence-electron chi connectivity index (χ4n) is 3.73. The third-order valence-corrected chi connectivity index (χ3v) is 8.92. The summed E-state index contributed by atoms with van der Waals surface area (Å²) in [6.45, 7) is 7.49. The van der Waals surface area contributed by atoms with E-state index in [1.807, 2.05) is 12.3 Å². The Balaban J connectivity index is 1.44. The number of thiazole rings is 1. The summed E-state index contributed by atoms with van der Waals surface area (Å²) in [5, 5.41) is 2.70. The van der Waals surface area contributed by atoms with Gasteiger partial charge in [-0.15, -0.1) is 22.7 Å². The second-order valence-corrected chi connectivity index (χ2v) is 11.3. The number of aryl methyl sites for hydroxylation is 2. The molecule has 0 amide bonds. The van der Waals surface area contributed by atoms with Crippen LogP contribution in [0.4, 0.5) is 0 Å². The van der Waals surface area contributed by atoms with Gasteiger partial charge in [0.05, 0.1) is 22.5 Å². The Morgan fingerprint density at radius 1 is 1.21 bits per heavy atom. The number of aromatic nitrogens is 1. The van der Waals surface area contributed by atoms with Gasteiger partial charge in [0.1, 0.15) is 0 Å². The van der Waals surface area contributed by atoms with Crippen LogP contribution in [0.25, 0.3) is 0 Å². The Morgan fingerprint density at radius 2 is 2.04 bits per heavy atom. The summed E-state index contributed by atoms with van der Waals surface area (Å²) >= 11 is 3.37. The first-order valence-corrected chi connectivity index (χ1v) is 11.3. The molecule has 2 saturated heterocycles. The zero-order chi connectivity index (χ0) is 16.9. The lowest BCUT2D eigenvalue weighted by Crippen LogP contribution is -2.34. The third-order valence-electron chi connectivity index (χ3n) is 4.82. The van der Waals surface area contributed by atoms with E-state index < -0.39 is 10.0 Å². The third kappa shape index (κ3) is 3.06. The average Bonchev–Trinajstić information content (AvgIpc) is 3.23. The number of rotatable bonds is 4. The molecule has 2 aromatic rings. The maximum Gasteiger partial charge on any atom is 0.218 e. The largest absolute Gasteiger partial charge is 0.297 e. The molecule has 24 heavy (non-hydrogen) atoms. The van der Waals surface area contributed by atoms with Crippen molar-refractivity contribution in [1.29, 1.82) is 0 Å². The molecular formula is C16H21N3O2S3. The molecule has 0 saturated carbocycles. The minimum Gasteiger partial charge on any atom is -0.297 e. The lowest BCUT2D eigenvalue weighted by molar-refractivity contribution is 0.296. The van der Waals surface area contributed by atoms with E-state index in [2.05, 4.69) is 28.9 Å². The minimum atomic E-state index is -3.21. The van der Waals surface area contributed by atoms with Crippen molar-refractivity contribution in [2.24, 2.45) is 5.92 Å². The van der Waals surface area contributed by atoms with Crippen molar-refractivity contribution in [3.63, 3.8) is 0 Å². The van der Waals surface area contributed by atoms with E-state index in [0.717, 1.165) is 23.8 Å². The van der Waals surface area contributed by atoms with Crippen LogP contribution in [0.3, 0.4) is 0 Å². The molecule has 8 heteroatoms. The van der Waals surface area contributed by atoms with Crippen LogP contribution in [-0.4, -0.2) is 47.5 Å². The van der Waals surface area contributed by atoms with Gasteiger partial charge in [-0.2, -0.15) is 4.31 Å². The topological polar surface area (TPSA) is 53.5 Å². The number of sulfonamides is 1.